The molecule has 2 aromatic carbocycles. The maximum absolute atomic E-state index is 13.7. The topological polar surface area (TPSA) is 115 Å². The van der Waals surface area contributed by atoms with Crippen molar-refractivity contribution in [3.63, 3.8) is 0 Å². The molecule has 3 aliphatic heterocycles. The van der Waals surface area contributed by atoms with Crippen LogP contribution in [0.3, 0.4) is 0 Å². The monoisotopic (exact) mass is 593 g/mol. The van der Waals surface area contributed by atoms with Crippen LogP contribution in [0.2, 0.25) is 5.02 Å². The lowest BCUT2D eigenvalue weighted by Crippen LogP contribution is -2.43. The second kappa shape index (κ2) is 10.6. The van der Waals surface area contributed by atoms with Gasteiger partial charge in [0, 0.05) is 43.9 Å². The van der Waals surface area contributed by atoms with Crippen LogP contribution in [0.4, 0.5) is 5.69 Å². The van der Waals surface area contributed by atoms with E-state index in [9.17, 15) is 18.0 Å². The number of anilines is 1. The van der Waals surface area contributed by atoms with Gasteiger partial charge in [-0.25, -0.2) is 8.42 Å². The van der Waals surface area contributed by atoms with Crippen LogP contribution in [0.15, 0.2) is 53.6 Å². The Bertz CT molecular complexity index is 1700. The number of hydrogen-bond acceptors (Lipinski definition) is 5. The highest BCUT2D eigenvalue weighted by atomic mass is 35.5. The number of sulfonamides is 1. The predicted octanol–water partition coefficient (Wildman–Crippen LogP) is 4.72. The van der Waals surface area contributed by atoms with Crippen molar-refractivity contribution in [1.29, 1.82) is 0 Å². The van der Waals surface area contributed by atoms with Crippen LogP contribution >= 0.6 is 11.6 Å². The Morgan fingerprint density at radius 1 is 1.22 bits per heavy atom. The molecule has 3 aromatic rings. The van der Waals surface area contributed by atoms with Gasteiger partial charge in [-0.1, -0.05) is 42.0 Å². The van der Waals surface area contributed by atoms with Crippen LogP contribution in [-0.2, 0) is 32.6 Å². The molecular formula is C30H32ClN5O4S. The van der Waals surface area contributed by atoms with Gasteiger partial charge < -0.3 is 9.80 Å². The van der Waals surface area contributed by atoms with Gasteiger partial charge in [0.1, 0.15) is 0 Å². The predicted molar refractivity (Wildman–Crippen MR) is 159 cm³/mol. The van der Waals surface area contributed by atoms with Crippen molar-refractivity contribution in [1.82, 2.24) is 20.0 Å². The van der Waals surface area contributed by atoms with E-state index in [1.54, 1.807) is 34.2 Å². The van der Waals surface area contributed by atoms with E-state index in [0.29, 0.717) is 61.1 Å². The van der Waals surface area contributed by atoms with Crippen molar-refractivity contribution >= 4 is 56.1 Å². The van der Waals surface area contributed by atoms with E-state index in [2.05, 4.69) is 21.5 Å². The number of aromatic amines is 1. The molecule has 3 aliphatic rings. The van der Waals surface area contributed by atoms with Crippen LogP contribution in [0.1, 0.15) is 42.9 Å². The van der Waals surface area contributed by atoms with E-state index in [1.807, 2.05) is 25.1 Å². The smallest absolute Gasteiger partial charge is 0.258 e. The number of fused-ring (bicyclic) bond motifs is 4. The normalized spacial score (nSPS) is 20.6. The van der Waals surface area contributed by atoms with Gasteiger partial charge in [0.15, 0.2) is 0 Å². The second-order valence-corrected chi connectivity index (χ2v) is 13.4. The molecule has 0 unspecified atom stereocenters. The fourth-order valence-corrected chi connectivity index (χ4v) is 8.12. The molecule has 214 valence electrons. The maximum Gasteiger partial charge on any atom is 0.258 e. The SMILES string of the molecule is C=C(C)CN1Cc2c(cc(Cl)c3[nH]ncc23)C[C@@H](CC(=O)N2CCC(C3=Cc4ccccc4NS3(=O)=O)CC2)C1=O. The third-order valence-electron chi connectivity index (χ3n) is 8.31. The van der Waals surface area contributed by atoms with Crippen LogP contribution in [-0.4, -0.2) is 59.9 Å². The largest absolute Gasteiger partial charge is 0.343 e. The van der Waals surface area contributed by atoms with Gasteiger partial charge in [0.05, 0.1) is 33.2 Å². The number of H-pyrrole nitrogens is 1. The molecule has 0 spiro atoms. The summed E-state index contributed by atoms with van der Waals surface area (Å²) < 4.78 is 28.6. The molecule has 0 radical (unpaired) electrons. The van der Waals surface area contributed by atoms with Crippen molar-refractivity contribution in [2.75, 3.05) is 24.4 Å². The molecule has 4 heterocycles. The quantitative estimate of drug-likeness (QED) is 0.416. The fourth-order valence-electron chi connectivity index (χ4n) is 6.29. The standard InChI is InChI=1S/C30H32ClN5O4S/c1-18(2)16-36-17-24-21(12-25(31)29-23(24)15-32-33-29)11-22(30(36)38)14-28(37)35-9-7-19(8-10-35)27-13-20-5-3-4-6-26(20)34-41(27,39)40/h3-6,12-13,15,19,22,34H,1,7-11,14,16-17H2,2H3,(H,32,33)/t22-/m0/s1. The lowest BCUT2D eigenvalue weighted by molar-refractivity contribution is -0.141. The molecule has 1 fully saturated rings. The maximum atomic E-state index is 13.7. The zero-order valence-corrected chi connectivity index (χ0v) is 24.4. The van der Waals surface area contributed by atoms with Crippen LogP contribution < -0.4 is 4.72 Å². The summed E-state index contributed by atoms with van der Waals surface area (Å²) in [5.41, 5.74) is 4.94. The molecule has 2 N–H and O–H groups in total. The number of rotatable bonds is 5. The average molecular weight is 594 g/mol. The molecule has 0 bridgehead atoms. The van der Waals surface area contributed by atoms with Gasteiger partial charge in [-0.3, -0.25) is 19.4 Å². The Kier molecular flexibility index (Phi) is 7.15. The van der Waals surface area contributed by atoms with E-state index >= 15 is 0 Å². The third-order valence-corrected chi connectivity index (χ3v) is 10.2. The number of nitrogens with zero attached hydrogens (tertiary/aromatic N) is 3. The van der Waals surface area contributed by atoms with Crippen molar-refractivity contribution < 1.29 is 18.0 Å². The average Bonchev–Trinajstić information content (AvgIpc) is 3.39. The molecule has 11 heteroatoms. The third kappa shape index (κ3) is 5.26. The molecular weight excluding hydrogens is 562 g/mol. The number of amides is 2. The molecule has 9 nitrogen and oxygen atoms in total. The Balaban J connectivity index is 1.19. The molecule has 0 aliphatic carbocycles. The van der Waals surface area contributed by atoms with E-state index in [1.165, 1.54) is 0 Å². The Morgan fingerprint density at radius 3 is 2.73 bits per heavy atom. The van der Waals surface area contributed by atoms with Crippen molar-refractivity contribution in [3.8, 4) is 0 Å². The van der Waals surface area contributed by atoms with Gasteiger partial charge >= 0.3 is 0 Å². The number of carbonyl (C=O) groups is 2. The van der Waals surface area contributed by atoms with Crippen LogP contribution in [0, 0.1) is 11.8 Å². The first-order valence-electron chi connectivity index (χ1n) is 13.8. The van der Waals surface area contributed by atoms with Crippen LogP contribution in [0.5, 0.6) is 0 Å². The molecule has 6 rings (SSSR count). The number of carbonyl (C=O) groups excluding carboxylic acids is 2. The lowest BCUT2D eigenvalue weighted by Gasteiger charge is -2.35. The van der Waals surface area contributed by atoms with E-state index in [4.69, 9.17) is 11.6 Å². The summed E-state index contributed by atoms with van der Waals surface area (Å²) in [5.74, 6) is -0.895. The number of likely N-dealkylation sites (tertiary alicyclic amines) is 1. The summed E-state index contributed by atoms with van der Waals surface area (Å²) in [5, 5.41) is 8.51. The molecule has 1 atom stereocenters. The van der Waals surface area contributed by atoms with Crippen molar-refractivity contribution in [2.45, 2.75) is 39.2 Å². The Labute approximate surface area is 244 Å². The zero-order valence-electron chi connectivity index (χ0n) is 22.8. The molecule has 41 heavy (non-hydrogen) atoms. The summed E-state index contributed by atoms with van der Waals surface area (Å²) in [6.45, 7) is 7.56. The number of benzene rings is 2. The Hall–Kier alpha value is -3.63. The minimum absolute atomic E-state index is 0.0760. The van der Waals surface area contributed by atoms with Gasteiger partial charge in [0.25, 0.3) is 10.0 Å². The number of piperidine rings is 1. The highest BCUT2D eigenvalue weighted by molar-refractivity contribution is 7.96. The summed E-state index contributed by atoms with van der Waals surface area (Å²) in [7, 11) is -3.63. The van der Waals surface area contributed by atoms with Gasteiger partial charge in [-0.15, -0.1) is 0 Å². The highest BCUT2D eigenvalue weighted by Gasteiger charge is 2.37. The number of halogens is 1. The lowest BCUT2D eigenvalue weighted by atomic mass is 9.91. The minimum Gasteiger partial charge on any atom is -0.343 e. The number of para-hydroxylation sites is 1. The Morgan fingerprint density at radius 2 is 1.98 bits per heavy atom. The van der Waals surface area contributed by atoms with Gasteiger partial charge in [-0.2, -0.15) is 5.10 Å². The number of allylic oxidation sites excluding steroid dienone is 1. The van der Waals surface area contributed by atoms with E-state index < -0.39 is 15.9 Å². The first-order chi connectivity index (χ1) is 19.6. The summed E-state index contributed by atoms with van der Waals surface area (Å²) in [6, 6.07) is 9.19. The van der Waals surface area contributed by atoms with E-state index in [0.717, 1.165) is 33.2 Å². The van der Waals surface area contributed by atoms with Gasteiger partial charge in [0.2, 0.25) is 11.8 Å². The summed E-state index contributed by atoms with van der Waals surface area (Å²) >= 11 is 6.54. The highest BCUT2D eigenvalue weighted by Crippen LogP contribution is 2.37. The van der Waals surface area contributed by atoms with Crippen molar-refractivity contribution in [3.05, 3.63) is 75.3 Å². The number of hydrogen-bond donors (Lipinski definition) is 2. The molecule has 1 aromatic heterocycles. The number of nitrogens with one attached hydrogen (secondary N) is 2. The molecule has 2 amide bonds. The second-order valence-electron chi connectivity index (χ2n) is 11.3. The summed E-state index contributed by atoms with van der Waals surface area (Å²) in [4.78, 5) is 31.2. The van der Waals surface area contributed by atoms with Gasteiger partial charge in [-0.05, 0) is 61.1 Å². The van der Waals surface area contributed by atoms with Crippen molar-refractivity contribution in [2.24, 2.45) is 11.8 Å². The minimum atomic E-state index is -3.63. The first-order valence-corrected chi connectivity index (χ1v) is 15.6. The number of aromatic nitrogens is 2. The fraction of sp³-hybridized carbons (Fsp3) is 0.367. The molecule has 1 saturated heterocycles. The summed E-state index contributed by atoms with van der Waals surface area (Å²) in [6.07, 6.45) is 5.04. The first kappa shape index (κ1) is 27.5. The van der Waals surface area contributed by atoms with Crippen LogP contribution in [0.25, 0.3) is 17.0 Å². The van der Waals surface area contributed by atoms with E-state index in [-0.39, 0.29) is 24.2 Å². The zero-order chi connectivity index (χ0) is 28.9. The molecule has 0 saturated carbocycles.